The Balaban J connectivity index is 2.00. The van der Waals surface area contributed by atoms with E-state index in [2.05, 4.69) is 37.9 Å². The maximum Gasteiger partial charge on any atom is 0.00702 e. The van der Waals surface area contributed by atoms with E-state index in [1.165, 1.54) is 51.7 Å². The number of nitrogens with zero attached hydrogens (tertiary/aromatic N) is 1. The second-order valence-electron chi connectivity index (χ2n) is 7.60. The Morgan fingerprint density at radius 2 is 2.00 bits per heavy atom. The van der Waals surface area contributed by atoms with Gasteiger partial charge in [-0.25, -0.2) is 0 Å². The zero-order chi connectivity index (χ0) is 13.9. The summed E-state index contributed by atoms with van der Waals surface area (Å²) in [6.07, 6.45) is 7.14. The van der Waals surface area contributed by atoms with Gasteiger partial charge in [-0.1, -0.05) is 33.6 Å². The summed E-state index contributed by atoms with van der Waals surface area (Å²) < 4.78 is 0. The molecule has 0 aromatic heterocycles. The van der Waals surface area contributed by atoms with Gasteiger partial charge in [0, 0.05) is 25.7 Å². The van der Waals surface area contributed by atoms with Gasteiger partial charge in [0.25, 0.3) is 0 Å². The maximum absolute atomic E-state index is 3.65. The zero-order valence-corrected chi connectivity index (χ0v) is 13.5. The quantitative estimate of drug-likeness (QED) is 0.819. The Morgan fingerprint density at radius 3 is 2.58 bits per heavy atom. The highest BCUT2D eigenvalue weighted by atomic mass is 15.2. The summed E-state index contributed by atoms with van der Waals surface area (Å²) in [5.74, 6) is 1.81. The molecule has 112 valence electrons. The minimum atomic E-state index is 0.548. The van der Waals surface area contributed by atoms with Crippen molar-refractivity contribution in [3.8, 4) is 0 Å². The van der Waals surface area contributed by atoms with Crippen molar-refractivity contribution in [2.75, 3.05) is 26.2 Å². The molecule has 2 rings (SSSR count). The van der Waals surface area contributed by atoms with Crippen molar-refractivity contribution >= 4 is 0 Å². The van der Waals surface area contributed by atoms with Crippen LogP contribution in [0.15, 0.2) is 0 Å². The van der Waals surface area contributed by atoms with Crippen LogP contribution in [0.3, 0.4) is 0 Å². The average Bonchev–Trinajstić information content (AvgIpc) is 2.65. The van der Waals surface area contributed by atoms with E-state index in [4.69, 9.17) is 0 Å². The van der Waals surface area contributed by atoms with Gasteiger partial charge in [-0.15, -0.1) is 0 Å². The van der Waals surface area contributed by atoms with Crippen molar-refractivity contribution in [2.45, 2.75) is 65.8 Å². The van der Waals surface area contributed by atoms with Crippen molar-refractivity contribution < 1.29 is 0 Å². The van der Waals surface area contributed by atoms with E-state index in [9.17, 15) is 0 Å². The van der Waals surface area contributed by atoms with Gasteiger partial charge in [0.05, 0.1) is 0 Å². The van der Waals surface area contributed by atoms with Crippen LogP contribution in [-0.4, -0.2) is 37.1 Å². The fourth-order valence-corrected chi connectivity index (χ4v) is 4.56. The van der Waals surface area contributed by atoms with E-state index in [-0.39, 0.29) is 0 Å². The van der Waals surface area contributed by atoms with Gasteiger partial charge < -0.3 is 5.32 Å². The summed E-state index contributed by atoms with van der Waals surface area (Å²) in [6.45, 7) is 14.5. The van der Waals surface area contributed by atoms with E-state index in [1.807, 2.05) is 0 Å². The molecule has 2 heteroatoms. The van der Waals surface area contributed by atoms with E-state index in [0.717, 1.165) is 24.4 Å². The molecule has 0 aromatic carbocycles. The molecule has 0 bridgehead atoms. The van der Waals surface area contributed by atoms with Crippen molar-refractivity contribution in [3.63, 3.8) is 0 Å². The lowest BCUT2D eigenvalue weighted by Gasteiger charge is -2.44. The third-order valence-corrected chi connectivity index (χ3v) is 5.39. The average molecular weight is 266 g/mol. The molecule has 0 aromatic rings. The summed E-state index contributed by atoms with van der Waals surface area (Å²) >= 11 is 0. The summed E-state index contributed by atoms with van der Waals surface area (Å²) in [5, 5.41) is 3.65. The molecule has 0 radical (unpaired) electrons. The first-order valence-corrected chi connectivity index (χ1v) is 8.49. The highest BCUT2D eigenvalue weighted by molar-refractivity contribution is 4.93. The predicted octanol–water partition coefficient (Wildman–Crippen LogP) is 3.52. The number of nitrogens with one attached hydrogen (secondary N) is 1. The van der Waals surface area contributed by atoms with Crippen LogP contribution in [0.1, 0.15) is 59.8 Å². The maximum atomic E-state index is 3.65. The van der Waals surface area contributed by atoms with Crippen LogP contribution in [0.5, 0.6) is 0 Å². The Labute approximate surface area is 120 Å². The van der Waals surface area contributed by atoms with Crippen LogP contribution >= 0.6 is 0 Å². The van der Waals surface area contributed by atoms with Crippen LogP contribution < -0.4 is 5.32 Å². The van der Waals surface area contributed by atoms with Crippen LogP contribution in [0, 0.1) is 17.3 Å². The summed E-state index contributed by atoms with van der Waals surface area (Å²) in [6, 6.07) is 0.797. The third kappa shape index (κ3) is 3.95. The third-order valence-electron chi connectivity index (χ3n) is 5.39. The largest absolute Gasteiger partial charge is 0.316 e. The van der Waals surface area contributed by atoms with Crippen molar-refractivity contribution in [1.82, 2.24) is 10.2 Å². The van der Waals surface area contributed by atoms with E-state index in [0.29, 0.717) is 5.41 Å². The summed E-state index contributed by atoms with van der Waals surface area (Å²) in [7, 11) is 0. The fourth-order valence-electron chi connectivity index (χ4n) is 4.56. The molecular formula is C17H34N2. The second-order valence-corrected chi connectivity index (χ2v) is 7.60. The zero-order valence-electron chi connectivity index (χ0n) is 13.5. The summed E-state index contributed by atoms with van der Waals surface area (Å²) in [4.78, 5) is 2.78. The highest BCUT2D eigenvalue weighted by Crippen LogP contribution is 2.41. The van der Waals surface area contributed by atoms with Gasteiger partial charge in [0.1, 0.15) is 0 Å². The van der Waals surface area contributed by atoms with Crippen LogP contribution in [-0.2, 0) is 0 Å². The Morgan fingerprint density at radius 1 is 1.21 bits per heavy atom. The minimum Gasteiger partial charge on any atom is -0.316 e. The highest BCUT2D eigenvalue weighted by Gasteiger charge is 2.39. The molecule has 1 saturated heterocycles. The first-order chi connectivity index (χ1) is 9.04. The van der Waals surface area contributed by atoms with Gasteiger partial charge in [-0.05, 0) is 50.0 Å². The number of likely N-dealkylation sites (tertiary alicyclic amines) is 1. The molecule has 2 aliphatic rings. The standard InChI is InChI=1S/C17H34N2/c1-5-18-12-17(8-6-7-14(2)10-17)13-19-11-15(3)9-16(19)4/h14-16,18H,5-13H2,1-4H3. The van der Waals surface area contributed by atoms with E-state index in [1.54, 1.807) is 0 Å². The topological polar surface area (TPSA) is 15.3 Å². The van der Waals surface area contributed by atoms with Gasteiger partial charge in [0.2, 0.25) is 0 Å². The lowest BCUT2D eigenvalue weighted by atomic mass is 9.69. The number of hydrogen-bond donors (Lipinski definition) is 1. The summed E-state index contributed by atoms with van der Waals surface area (Å²) in [5.41, 5.74) is 0.548. The molecule has 1 N–H and O–H groups in total. The monoisotopic (exact) mass is 266 g/mol. The van der Waals surface area contributed by atoms with Crippen LogP contribution in [0.25, 0.3) is 0 Å². The fraction of sp³-hybridized carbons (Fsp3) is 1.00. The van der Waals surface area contributed by atoms with Gasteiger partial charge in [-0.3, -0.25) is 4.90 Å². The molecule has 4 atom stereocenters. The van der Waals surface area contributed by atoms with Crippen LogP contribution in [0.2, 0.25) is 0 Å². The van der Waals surface area contributed by atoms with Crippen molar-refractivity contribution in [2.24, 2.45) is 17.3 Å². The predicted molar refractivity (Wildman–Crippen MR) is 83.4 cm³/mol. The molecule has 2 nitrogen and oxygen atoms in total. The Kier molecular flexibility index (Phi) is 5.30. The first-order valence-electron chi connectivity index (χ1n) is 8.49. The molecule has 1 aliphatic heterocycles. The molecular weight excluding hydrogens is 232 g/mol. The van der Waals surface area contributed by atoms with Gasteiger partial charge >= 0.3 is 0 Å². The van der Waals surface area contributed by atoms with Crippen LogP contribution in [0.4, 0.5) is 0 Å². The smallest absolute Gasteiger partial charge is 0.00702 e. The SMILES string of the molecule is CCNCC1(CN2CC(C)CC2C)CCCC(C)C1. The normalized spacial score (nSPS) is 40.7. The first kappa shape index (κ1) is 15.3. The van der Waals surface area contributed by atoms with E-state index >= 15 is 0 Å². The lowest BCUT2D eigenvalue weighted by Crippen LogP contribution is -2.47. The van der Waals surface area contributed by atoms with Crippen molar-refractivity contribution in [3.05, 3.63) is 0 Å². The number of rotatable bonds is 5. The molecule has 1 heterocycles. The lowest BCUT2D eigenvalue weighted by molar-refractivity contribution is 0.0764. The Hall–Kier alpha value is -0.0800. The minimum absolute atomic E-state index is 0.548. The molecule has 2 fully saturated rings. The molecule has 1 saturated carbocycles. The second kappa shape index (κ2) is 6.58. The molecule has 19 heavy (non-hydrogen) atoms. The Bertz CT molecular complexity index is 278. The van der Waals surface area contributed by atoms with E-state index < -0.39 is 0 Å². The molecule has 4 unspecified atom stereocenters. The number of hydrogen-bond acceptors (Lipinski definition) is 2. The molecule has 0 spiro atoms. The van der Waals surface area contributed by atoms with Gasteiger partial charge in [-0.2, -0.15) is 0 Å². The molecule has 1 aliphatic carbocycles. The molecule has 0 amide bonds. The van der Waals surface area contributed by atoms with Crippen molar-refractivity contribution in [1.29, 1.82) is 0 Å². The van der Waals surface area contributed by atoms with Gasteiger partial charge in [0.15, 0.2) is 0 Å².